The Balaban J connectivity index is 1.61. The summed E-state index contributed by atoms with van der Waals surface area (Å²) in [4.78, 5) is 26.1. The second-order valence-electron chi connectivity index (χ2n) is 7.46. The first-order valence-corrected chi connectivity index (χ1v) is 9.53. The highest BCUT2D eigenvalue weighted by molar-refractivity contribution is 5.82. The predicted octanol–water partition coefficient (Wildman–Crippen LogP) is 3.16. The van der Waals surface area contributed by atoms with E-state index in [9.17, 15) is 4.79 Å². The van der Waals surface area contributed by atoms with Crippen molar-refractivity contribution in [2.24, 2.45) is 0 Å². The second kappa shape index (κ2) is 6.71. The van der Waals surface area contributed by atoms with Crippen LogP contribution in [0.1, 0.15) is 43.2 Å². The van der Waals surface area contributed by atoms with Gasteiger partial charge in [-0.3, -0.25) is 4.79 Å². The second-order valence-corrected chi connectivity index (χ2v) is 7.46. The van der Waals surface area contributed by atoms with Crippen molar-refractivity contribution in [3.8, 4) is 0 Å². The van der Waals surface area contributed by atoms with Gasteiger partial charge in [-0.15, -0.1) is 0 Å². The molecule has 1 amide bonds. The highest BCUT2D eigenvalue weighted by Crippen LogP contribution is 2.48. The number of aryl methyl sites for hydroxylation is 1. The molecule has 0 bridgehead atoms. The van der Waals surface area contributed by atoms with Gasteiger partial charge in [-0.05, 0) is 37.8 Å². The monoisotopic (exact) mass is 350 g/mol. The van der Waals surface area contributed by atoms with Gasteiger partial charge in [0.05, 0.1) is 5.54 Å². The van der Waals surface area contributed by atoms with Crippen LogP contribution in [0.2, 0.25) is 0 Å². The van der Waals surface area contributed by atoms with E-state index in [-0.39, 0.29) is 11.5 Å². The Bertz CT molecular complexity index is 766. The minimum Gasteiger partial charge on any atom is -0.341 e. The van der Waals surface area contributed by atoms with Crippen LogP contribution in [0.5, 0.6) is 0 Å². The molecule has 1 aromatic heterocycles. The van der Waals surface area contributed by atoms with Gasteiger partial charge in [0.1, 0.15) is 0 Å². The van der Waals surface area contributed by atoms with Crippen LogP contribution in [0.15, 0.2) is 42.7 Å². The van der Waals surface area contributed by atoms with Crippen LogP contribution in [0, 0.1) is 6.92 Å². The molecule has 2 aliphatic heterocycles. The van der Waals surface area contributed by atoms with Crippen molar-refractivity contribution in [2.45, 2.75) is 44.6 Å². The molecule has 136 valence electrons. The number of carbonyl (C=O) groups is 1. The van der Waals surface area contributed by atoms with Crippen molar-refractivity contribution in [1.29, 1.82) is 0 Å². The molecule has 2 aromatic rings. The molecule has 2 saturated heterocycles. The van der Waals surface area contributed by atoms with E-state index in [0.717, 1.165) is 44.0 Å². The summed E-state index contributed by atoms with van der Waals surface area (Å²) >= 11 is 0. The SMILES string of the molecule is CCN1C(=O)C[C@@H](c2ccccc2)C12CCN(c1ncc(C)cn1)CC2. The summed E-state index contributed by atoms with van der Waals surface area (Å²) in [6.07, 6.45) is 6.29. The summed E-state index contributed by atoms with van der Waals surface area (Å²) in [5.41, 5.74) is 2.29. The van der Waals surface area contributed by atoms with Crippen LogP contribution in [0.4, 0.5) is 5.95 Å². The van der Waals surface area contributed by atoms with Crippen LogP contribution in [-0.4, -0.2) is 45.9 Å². The van der Waals surface area contributed by atoms with E-state index in [2.05, 4.69) is 51.0 Å². The normalized spacial score (nSPS) is 22.2. The molecule has 2 fully saturated rings. The molecule has 1 aromatic carbocycles. The van der Waals surface area contributed by atoms with Crippen molar-refractivity contribution in [3.63, 3.8) is 0 Å². The lowest BCUT2D eigenvalue weighted by Gasteiger charge is -2.47. The summed E-state index contributed by atoms with van der Waals surface area (Å²) in [7, 11) is 0. The maximum absolute atomic E-state index is 12.7. The third-order valence-electron chi connectivity index (χ3n) is 6.06. The van der Waals surface area contributed by atoms with Gasteiger partial charge in [-0.25, -0.2) is 9.97 Å². The van der Waals surface area contributed by atoms with Gasteiger partial charge in [0.2, 0.25) is 11.9 Å². The number of piperidine rings is 1. The zero-order chi connectivity index (χ0) is 18.1. The maximum Gasteiger partial charge on any atom is 0.225 e. The Labute approximate surface area is 155 Å². The van der Waals surface area contributed by atoms with Crippen molar-refractivity contribution >= 4 is 11.9 Å². The number of carbonyl (C=O) groups excluding carboxylic acids is 1. The van der Waals surface area contributed by atoms with E-state index in [4.69, 9.17) is 0 Å². The van der Waals surface area contributed by atoms with Crippen molar-refractivity contribution < 1.29 is 4.79 Å². The first-order valence-electron chi connectivity index (χ1n) is 9.53. The molecule has 3 heterocycles. The first-order chi connectivity index (χ1) is 12.6. The lowest BCUT2D eigenvalue weighted by Crippen LogP contribution is -2.55. The summed E-state index contributed by atoms with van der Waals surface area (Å²) in [6.45, 7) is 6.65. The quantitative estimate of drug-likeness (QED) is 0.853. The van der Waals surface area contributed by atoms with Gasteiger partial charge < -0.3 is 9.80 Å². The summed E-state index contributed by atoms with van der Waals surface area (Å²) < 4.78 is 0. The van der Waals surface area contributed by atoms with Crippen LogP contribution in [-0.2, 0) is 4.79 Å². The number of benzene rings is 1. The number of hydrogen-bond acceptors (Lipinski definition) is 4. The molecule has 1 atom stereocenters. The topological polar surface area (TPSA) is 49.3 Å². The van der Waals surface area contributed by atoms with Gasteiger partial charge >= 0.3 is 0 Å². The Kier molecular flexibility index (Phi) is 4.39. The number of nitrogens with zero attached hydrogens (tertiary/aromatic N) is 4. The standard InChI is InChI=1S/C21H26N4O/c1-3-25-19(26)13-18(17-7-5-4-6-8-17)21(25)9-11-24(12-10-21)20-22-14-16(2)15-23-20/h4-8,14-15,18H,3,9-13H2,1-2H3/t18-/m0/s1. The van der Waals surface area contributed by atoms with Crippen molar-refractivity contribution in [1.82, 2.24) is 14.9 Å². The number of aromatic nitrogens is 2. The van der Waals surface area contributed by atoms with Crippen LogP contribution in [0.25, 0.3) is 0 Å². The third-order valence-corrected chi connectivity index (χ3v) is 6.06. The van der Waals surface area contributed by atoms with Crippen LogP contribution >= 0.6 is 0 Å². The molecule has 1 spiro atoms. The van der Waals surface area contributed by atoms with E-state index < -0.39 is 0 Å². The highest BCUT2D eigenvalue weighted by atomic mass is 16.2. The molecule has 0 aliphatic carbocycles. The summed E-state index contributed by atoms with van der Waals surface area (Å²) in [5.74, 6) is 1.37. The molecule has 5 nitrogen and oxygen atoms in total. The van der Waals surface area contributed by atoms with E-state index >= 15 is 0 Å². The van der Waals surface area contributed by atoms with Gasteiger partial charge in [-0.1, -0.05) is 30.3 Å². The van der Waals surface area contributed by atoms with Gasteiger partial charge in [-0.2, -0.15) is 0 Å². The average molecular weight is 350 g/mol. The predicted molar refractivity (Wildman–Crippen MR) is 102 cm³/mol. The molecular weight excluding hydrogens is 324 g/mol. The summed E-state index contributed by atoms with van der Waals surface area (Å²) in [5, 5.41) is 0. The molecule has 5 heteroatoms. The fraction of sp³-hybridized carbons (Fsp3) is 0.476. The highest BCUT2D eigenvalue weighted by Gasteiger charge is 2.53. The largest absolute Gasteiger partial charge is 0.341 e. The number of rotatable bonds is 3. The molecular formula is C21H26N4O. The Morgan fingerprint density at radius 3 is 2.38 bits per heavy atom. The number of amides is 1. The third kappa shape index (κ3) is 2.75. The molecule has 0 unspecified atom stereocenters. The number of likely N-dealkylation sites (tertiary alicyclic amines) is 1. The lowest BCUT2D eigenvalue weighted by atomic mass is 9.73. The summed E-state index contributed by atoms with van der Waals surface area (Å²) in [6, 6.07) is 10.6. The minimum atomic E-state index is -0.0750. The van der Waals surface area contributed by atoms with E-state index in [1.54, 1.807) is 0 Å². The first kappa shape index (κ1) is 17.0. The fourth-order valence-electron chi connectivity index (χ4n) is 4.78. The van der Waals surface area contributed by atoms with E-state index in [1.165, 1.54) is 5.56 Å². The zero-order valence-electron chi connectivity index (χ0n) is 15.6. The minimum absolute atomic E-state index is 0.0750. The zero-order valence-corrected chi connectivity index (χ0v) is 15.6. The Morgan fingerprint density at radius 1 is 1.12 bits per heavy atom. The van der Waals surface area contributed by atoms with Crippen molar-refractivity contribution in [3.05, 3.63) is 53.9 Å². The maximum atomic E-state index is 12.7. The fourth-order valence-corrected chi connectivity index (χ4v) is 4.78. The van der Waals surface area contributed by atoms with Gasteiger partial charge in [0, 0.05) is 44.4 Å². The smallest absolute Gasteiger partial charge is 0.225 e. The van der Waals surface area contributed by atoms with Gasteiger partial charge in [0.15, 0.2) is 0 Å². The number of anilines is 1. The molecule has 0 saturated carbocycles. The van der Waals surface area contributed by atoms with E-state index in [0.29, 0.717) is 12.3 Å². The van der Waals surface area contributed by atoms with Gasteiger partial charge in [0.25, 0.3) is 0 Å². The molecule has 2 aliphatic rings. The number of hydrogen-bond donors (Lipinski definition) is 0. The molecule has 0 radical (unpaired) electrons. The Morgan fingerprint density at radius 2 is 1.77 bits per heavy atom. The molecule has 4 rings (SSSR count). The van der Waals surface area contributed by atoms with Crippen LogP contribution < -0.4 is 4.90 Å². The number of likely N-dealkylation sites (N-methyl/N-ethyl adjacent to an activating group) is 1. The van der Waals surface area contributed by atoms with E-state index in [1.807, 2.05) is 25.4 Å². The Hall–Kier alpha value is -2.43. The lowest BCUT2D eigenvalue weighted by molar-refractivity contribution is -0.131. The molecule has 0 N–H and O–H groups in total. The molecule has 26 heavy (non-hydrogen) atoms. The van der Waals surface area contributed by atoms with Crippen LogP contribution in [0.3, 0.4) is 0 Å². The van der Waals surface area contributed by atoms with Crippen molar-refractivity contribution in [2.75, 3.05) is 24.5 Å². The average Bonchev–Trinajstić information content (AvgIpc) is 2.95.